The predicted octanol–water partition coefficient (Wildman–Crippen LogP) is 2.68. The van der Waals surface area contributed by atoms with Gasteiger partial charge in [-0.05, 0) is 39.8 Å². The fourth-order valence-corrected chi connectivity index (χ4v) is 2.27. The Morgan fingerprint density at radius 2 is 2.12 bits per heavy atom. The number of carboxylic acids is 1. The van der Waals surface area contributed by atoms with Gasteiger partial charge in [-0.2, -0.15) is 0 Å². The molecule has 1 atom stereocenters. The number of aliphatic hydroxyl groups is 1. The van der Waals surface area contributed by atoms with Crippen LogP contribution in [0.25, 0.3) is 11.0 Å². The second kappa shape index (κ2) is 7.67. The van der Waals surface area contributed by atoms with E-state index in [1.54, 1.807) is 19.1 Å². The third kappa shape index (κ3) is 5.30. The molecule has 0 saturated carbocycles. The van der Waals surface area contributed by atoms with Gasteiger partial charge in [0.2, 0.25) is 6.61 Å². The van der Waals surface area contributed by atoms with Crippen LogP contribution in [0.4, 0.5) is 0 Å². The molecule has 0 unspecified atom stereocenters. The zero-order chi connectivity index (χ0) is 18.6. The maximum Gasteiger partial charge on any atom is 0.344 e. The SMILES string of the molecule is C/C(=N\OCC(=O)O)c1cccc2cc([C@H](O)CNC(C)(C)C)oc12. The quantitative estimate of drug-likeness (QED) is 0.525. The number of aliphatic hydroxyl groups excluding tert-OH is 1. The Hall–Kier alpha value is -2.38. The number of hydrogen-bond acceptors (Lipinski definition) is 6. The first-order chi connectivity index (χ1) is 11.7. The Bertz CT molecular complexity index is 773. The van der Waals surface area contributed by atoms with Crippen LogP contribution in [0, 0.1) is 0 Å². The second-order valence-corrected chi connectivity index (χ2v) is 6.86. The number of para-hydroxylation sites is 1. The van der Waals surface area contributed by atoms with Gasteiger partial charge in [0.1, 0.15) is 17.4 Å². The Balaban J connectivity index is 2.23. The number of furan rings is 1. The standard InChI is InChI=1S/C18H24N2O5/c1-11(20-24-10-16(22)23)13-7-5-6-12-8-15(25-17(12)13)14(21)9-19-18(2,3)4/h5-8,14,19,21H,9-10H2,1-4H3,(H,22,23)/b20-11+/t14-/m1/s1. The highest BCUT2D eigenvalue weighted by Crippen LogP contribution is 2.27. The molecule has 7 nitrogen and oxygen atoms in total. The number of nitrogens with zero attached hydrogens (tertiary/aromatic N) is 1. The second-order valence-electron chi connectivity index (χ2n) is 6.86. The summed E-state index contributed by atoms with van der Waals surface area (Å²) in [4.78, 5) is 15.3. The van der Waals surface area contributed by atoms with E-state index < -0.39 is 18.7 Å². The molecule has 0 aliphatic carbocycles. The highest BCUT2D eigenvalue weighted by Gasteiger charge is 2.18. The molecule has 2 aromatic rings. The molecule has 0 fully saturated rings. The lowest BCUT2D eigenvalue weighted by Gasteiger charge is -2.22. The zero-order valence-corrected chi connectivity index (χ0v) is 14.9. The van der Waals surface area contributed by atoms with E-state index in [1.807, 2.05) is 32.9 Å². The predicted molar refractivity (Wildman–Crippen MR) is 94.7 cm³/mol. The number of oxime groups is 1. The molecule has 2 rings (SSSR count). The molecule has 0 saturated heterocycles. The van der Waals surface area contributed by atoms with Gasteiger partial charge in [-0.1, -0.05) is 17.3 Å². The molecule has 1 aromatic heterocycles. The molecule has 7 heteroatoms. The van der Waals surface area contributed by atoms with Crippen LogP contribution in [0.15, 0.2) is 33.8 Å². The Labute approximate surface area is 146 Å². The van der Waals surface area contributed by atoms with E-state index >= 15 is 0 Å². The maximum absolute atomic E-state index is 10.5. The smallest absolute Gasteiger partial charge is 0.344 e. The Kier molecular flexibility index (Phi) is 5.81. The van der Waals surface area contributed by atoms with Crippen molar-refractivity contribution in [3.05, 3.63) is 35.6 Å². The first-order valence-corrected chi connectivity index (χ1v) is 8.01. The lowest BCUT2D eigenvalue weighted by atomic mass is 10.1. The summed E-state index contributed by atoms with van der Waals surface area (Å²) in [5.74, 6) is -0.636. The van der Waals surface area contributed by atoms with Crippen LogP contribution in [0.5, 0.6) is 0 Å². The van der Waals surface area contributed by atoms with E-state index in [-0.39, 0.29) is 5.54 Å². The van der Waals surface area contributed by atoms with Crippen molar-refractivity contribution in [1.82, 2.24) is 5.32 Å². The molecular formula is C18H24N2O5. The molecule has 136 valence electrons. The number of hydrogen-bond donors (Lipinski definition) is 3. The summed E-state index contributed by atoms with van der Waals surface area (Å²) < 4.78 is 5.83. The van der Waals surface area contributed by atoms with Crippen LogP contribution in [-0.4, -0.2) is 40.6 Å². The molecule has 0 aliphatic heterocycles. The summed E-state index contributed by atoms with van der Waals surface area (Å²) in [6.45, 7) is 7.63. The summed E-state index contributed by atoms with van der Waals surface area (Å²) in [5, 5.41) is 26.8. The number of β-amino-alcohol motifs (C(OH)–C–C–N with tert-alkyl or cyclic N) is 1. The third-order valence-electron chi connectivity index (χ3n) is 3.50. The first-order valence-electron chi connectivity index (χ1n) is 8.01. The molecular weight excluding hydrogens is 324 g/mol. The van der Waals surface area contributed by atoms with Gasteiger partial charge in [-0.15, -0.1) is 0 Å². The summed E-state index contributed by atoms with van der Waals surface area (Å²) in [7, 11) is 0. The number of benzene rings is 1. The van der Waals surface area contributed by atoms with Gasteiger partial charge in [-0.3, -0.25) is 0 Å². The summed E-state index contributed by atoms with van der Waals surface area (Å²) >= 11 is 0. The zero-order valence-electron chi connectivity index (χ0n) is 14.9. The largest absolute Gasteiger partial charge is 0.479 e. The number of nitrogens with one attached hydrogen (secondary N) is 1. The number of fused-ring (bicyclic) bond motifs is 1. The molecule has 1 aromatic carbocycles. The number of carboxylic acid groups (broad SMARTS) is 1. The van der Waals surface area contributed by atoms with Crippen molar-refractivity contribution in [1.29, 1.82) is 0 Å². The summed E-state index contributed by atoms with van der Waals surface area (Å²) in [6, 6.07) is 7.31. The monoisotopic (exact) mass is 348 g/mol. The average Bonchev–Trinajstić information content (AvgIpc) is 2.95. The van der Waals surface area contributed by atoms with Crippen LogP contribution in [0.3, 0.4) is 0 Å². The van der Waals surface area contributed by atoms with Gasteiger partial charge in [-0.25, -0.2) is 4.79 Å². The molecule has 0 radical (unpaired) electrons. The van der Waals surface area contributed by atoms with Gasteiger partial charge in [0.25, 0.3) is 0 Å². The third-order valence-corrected chi connectivity index (χ3v) is 3.50. The van der Waals surface area contributed by atoms with E-state index in [0.29, 0.717) is 29.2 Å². The maximum atomic E-state index is 10.5. The van der Waals surface area contributed by atoms with Gasteiger partial charge in [0.05, 0.1) is 5.71 Å². The topological polar surface area (TPSA) is 104 Å². The van der Waals surface area contributed by atoms with E-state index in [2.05, 4.69) is 10.5 Å². The lowest BCUT2D eigenvalue weighted by Crippen LogP contribution is -2.38. The van der Waals surface area contributed by atoms with Gasteiger partial charge in [0.15, 0.2) is 0 Å². The average molecular weight is 348 g/mol. The van der Waals surface area contributed by atoms with E-state index in [0.717, 1.165) is 5.39 Å². The lowest BCUT2D eigenvalue weighted by molar-refractivity contribution is -0.142. The Morgan fingerprint density at radius 3 is 2.76 bits per heavy atom. The normalized spacial score (nSPS) is 13.9. The van der Waals surface area contributed by atoms with E-state index in [4.69, 9.17) is 14.4 Å². The van der Waals surface area contributed by atoms with Crippen molar-refractivity contribution < 1.29 is 24.3 Å². The highest BCUT2D eigenvalue weighted by molar-refractivity contribution is 6.07. The molecule has 3 N–H and O–H groups in total. The fourth-order valence-electron chi connectivity index (χ4n) is 2.27. The minimum absolute atomic E-state index is 0.108. The molecule has 1 heterocycles. The van der Waals surface area contributed by atoms with Crippen LogP contribution in [-0.2, 0) is 9.63 Å². The molecule has 25 heavy (non-hydrogen) atoms. The number of carbonyl (C=O) groups is 1. The fraction of sp³-hybridized carbons (Fsp3) is 0.444. The van der Waals surface area contributed by atoms with Gasteiger partial charge < -0.3 is 24.8 Å². The molecule has 0 bridgehead atoms. The van der Waals surface area contributed by atoms with Crippen molar-refractivity contribution in [2.24, 2.45) is 5.16 Å². The van der Waals surface area contributed by atoms with Crippen molar-refractivity contribution in [3.63, 3.8) is 0 Å². The molecule has 0 spiro atoms. The van der Waals surface area contributed by atoms with Crippen molar-refractivity contribution in [3.8, 4) is 0 Å². The van der Waals surface area contributed by atoms with Gasteiger partial charge >= 0.3 is 5.97 Å². The van der Waals surface area contributed by atoms with Crippen LogP contribution < -0.4 is 5.32 Å². The minimum atomic E-state index is -1.09. The van der Waals surface area contributed by atoms with Gasteiger partial charge in [0, 0.05) is 23.0 Å². The van der Waals surface area contributed by atoms with E-state index in [9.17, 15) is 9.90 Å². The first kappa shape index (κ1) is 19.0. The van der Waals surface area contributed by atoms with E-state index in [1.165, 1.54) is 0 Å². The number of aliphatic carboxylic acids is 1. The van der Waals surface area contributed by atoms with Crippen LogP contribution in [0.1, 0.15) is 45.1 Å². The Morgan fingerprint density at radius 1 is 1.40 bits per heavy atom. The number of rotatable bonds is 7. The van der Waals surface area contributed by atoms with Crippen molar-refractivity contribution >= 4 is 22.7 Å². The molecule has 0 aliphatic rings. The highest BCUT2D eigenvalue weighted by atomic mass is 16.6. The van der Waals surface area contributed by atoms with Crippen LogP contribution in [0.2, 0.25) is 0 Å². The van der Waals surface area contributed by atoms with Crippen molar-refractivity contribution in [2.45, 2.75) is 39.3 Å². The minimum Gasteiger partial charge on any atom is -0.479 e. The summed E-state index contributed by atoms with van der Waals surface area (Å²) in [6.07, 6.45) is -0.778. The van der Waals surface area contributed by atoms with Crippen molar-refractivity contribution in [2.75, 3.05) is 13.2 Å². The van der Waals surface area contributed by atoms with Crippen LogP contribution >= 0.6 is 0 Å². The molecule has 0 amide bonds. The summed E-state index contributed by atoms with van der Waals surface area (Å²) in [5.41, 5.74) is 1.65.